The maximum absolute atomic E-state index is 12.3. The van der Waals surface area contributed by atoms with Crippen LogP contribution in [0.3, 0.4) is 0 Å². The summed E-state index contributed by atoms with van der Waals surface area (Å²) in [4.78, 5) is 12.3. The fourth-order valence-electron chi connectivity index (χ4n) is 2.73. The highest BCUT2D eigenvalue weighted by atomic mass is 16.1. The molecule has 1 heterocycles. The molecule has 0 saturated heterocycles. The van der Waals surface area contributed by atoms with Gasteiger partial charge in [0.05, 0.1) is 0 Å². The van der Waals surface area contributed by atoms with Gasteiger partial charge in [0.25, 0.3) is 5.91 Å². The van der Waals surface area contributed by atoms with Gasteiger partial charge in [-0.15, -0.1) is 0 Å². The maximum atomic E-state index is 12.3. The Labute approximate surface area is 155 Å². The van der Waals surface area contributed by atoms with Gasteiger partial charge in [0.15, 0.2) is 12.4 Å². The van der Waals surface area contributed by atoms with E-state index in [1.54, 1.807) is 5.57 Å². The number of fused-ring (bicyclic) bond motifs is 1. The highest BCUT2D eigenvalue weighted by molar-refractivity contribution is 5.91. The Morgan fingerprint density at radius 2 is 1.58 bits per heavy atom. The van der Waals surface area contributed by atoms with E-state index in [1.165, 1.54) is 11.8 Å². The predicted octanol–water partition coefficient (Wildman–Crippen LogP) is 4.72. The number of nitrogens with zero attached hydrogens (tertiary/aromatic N) is 1. The first-order valence-electron chi connectivity index (χ1n) is 8.92. The summed E-state index contributed by atoms with van der Waals surface area (Å²) < 4.78 is 1.91. The maximum Gasteiger partial charge on any atom is 0.290 e. The molecule has 3 nitrogen and oxygen atoms in total. The van der Waals surface area contributed by atoms with E-state index >= 15 is 0 Å². The van der Waals surface area contributed by atoms with E-state index in [9.17, 15) is 4.79 Å². The van der Waals surface area contributed by atoms with Crippen LogP contribution in [0.1, 0.15) is 24.5 Å². The van der Waals surface area contributed by atoms with E-state index in [2.05, 4.69) is 30.4 Å². The number of carbonyl (C=O) groups excluding carboxylic acids is 1. The average molecular weight is 345 g/mol. The number of benzene rings is 2. The van der Waals surface area contributed by atoms with Gasteiger partial charge >= 0.3 is 0 Å². The van der Waals surface area contributed by atoms with Crippen LogP contribution in [0.5, 0.6) is 0 Å². The van der Waals surface area contributed by atoms with Gasteiger partial charge in [-0.3, -0.25) is 4.79 Å². The van der Waals surface area contributed by atoms with Crippen LogP contribution in [0.25, 0.3) is 10.8 Å². The van der Waals surface area contributed by atoms with Crippen molar-refractivity contribution >= 4 is 22.4 Å². The molecule has 0 saturated carbocycles. The zero-order valence-corrected chi connectivity index (χ0v) is 15.6. The summed E-state index contributed by atoms with van der Waals surface area (Å²) >= 11 is 0. The van der Waals surface area contributed by atoms with Crippen molar-refractivity contribution < 1.29 is 9.36 Å². The lowest BCUT2D eigenvalue weighted by molar-refractivity contribution is -0.682. The summed E-state index contributed by atoms with van der Waals surface area (Å²) in [5.41, 5.74) is 4.61. The van der Waals surface area contributed by atoms with Crippen molar-refractivity contribution in [2.24, 2.45) is 0 Å². The molecule has 4 rings (SSSR count). The number of amides is 1. The third-order valence-electron chi connectivity index (χ3n) is 4.43. The van der Waals surface area contributed by atoms with Crippen LogP contribution in [0, 0.1) is 13.8 Å². The van der Waals surface area contributed by atoms with Crippen molar-refractivity contribution in [1.82, 2.24) is 0 Å². The van der Waals surface area contributed by atoms with Gasteiger partial charge < -0.3 is 5.32 Å². The second kappa shape index (κ2) is 7.96. The highest BCUT2D eigenvalue weighted by Crippen LogP contribution is 2.19. The van der Waals surface area contributed by atoms with Gasteiger partial charge in [0, 0.05) is 17.1 Å². The van der Waals surface area contributed by atoms with E-state index in [0.717, 1.165) is 22.2 Å². The van der Waals surface area contributed by atoms with Gasteiger partial charge in [-0.1, -0.05) is 48.0 Å². The number of hydrogen-bond acceptors (Lipinski definition) is 1. The Morgan fingerprint density at radius 3 is 2.19 bits per heavy atom. The molecule has 26 heavy (non-hydrogen) atoms. The number of allylic oxidation sites excluding steroid dienone is 2. The number of rotatable bonds is 3. The van der Waals surface area contributed by atoms with Crippen molar-refractivity contribution in [2.45, 2.75) is 33.7 Å². The molecule has 0 atom stereocenters. The van der Waals surface area contributed by atoms with Gasteiger partial charge in [-0.25, -0.2) is 0 Å². The number of anilines is 1. The third-order valence-corrected chi connectivity index (χ3v) is 4.43. The molecule has 1 aromatic heterocycles. The summed E-state index contributed by atoms with van der Waals surface area (Å²) in [6.07, 6.45) is 7.42. The van der Waals surface area contributed by atoms with E-state index < -0.39 is 0 Å². The minimum Gasteiger partial charge on any atom is -0.320 e. The molecule has 0 spiro atoms. The summed E-state index contributed by atoms with van der Waals surface area (Å²) in [6.45, 7) is 6.45. The zero-order chi connectivity index (χ0) is 18.5. The van der Waals surface area contributed by atoms with Crippen molar-refractivity contribution in [3.8, 4) is 0 Å². The molecule has 3 aromatic rings. The second-order valence-electron chi connectivity index (χ2n) is 6.82. The first-order chi connectivity index (χ1) is 12.5. The van der Waals surface area contributed by atoms with Crippen LogP contribution < -0.4 is 9.88 Å². The summed E-state index contributed by atoms with van der Waals surface area (Å²) in [5.74, 6) is -0.0160. The van der Waals surface area contributed by atoms with Crippen molar-refractivity contribution in [2.75, 3.05) is 5.32 Å². The Balaban J connectivity index is 0.000000433. The van der Waals surface area contributed by atoms with Gasteiger partial charge in [0.2, 0.25) is 6.54 Å². The lowest BCUT2D eigenvalue weighted by Crippen LogP contribution is -2.39. The Morgan fingerprint density at radius 1 is 0.962 bits per heavy atom. The zero-order valence-electron chi connectivity index (χ0n) is 15.6. The summed E-state index contributed by atoms with van der Waals surface area (Å²) in [6, 6.07) is 16.2. The van der Waals surface area contributed by atoms with Crippen LogP contribution >= 0.6 is 0 Å². The molecule has 1 aliphatic rings. The topological polar surface area (TPSA) is 33.0 Å². The lowest BCUT2D eigenvalue weighted by Gasteiger charge is -2.10. The Kier molecular flexibility index (Phi) is 5.47. The third kappa shape index (κ3) is 4.79. The van der Waals surface area contributed by atoms with E-state index in [0.29, 0.717) is 6.54 Å². The molecule has 0 bridgehead atoms. The van der Waals surface area contributed by atoms with E-state index in [4.69, 9.17) is 0 Å². The Bertz CT molecular complexity index is 953. The number of carbonyl (C=O) groups is 1. The number of aryl methyl sites for hydroxylation is 2. The lowest BCUT2D eigenvalue weighted by atomic mass is 10.1. The van der Waals surface area contributed by atoms with Gasteiger partial charge in [-0.2, -0.15) is 4.57 Å². The van der Waals surface area contributed by atoms with Gasteiger partial charge in [0.1, 0.15) is 0 Å². The molecule has 1 amide bonds. The summed E-state index contributed by atoms with van der Waals surface area (Å²) in [5, 5.41) is 5.32. The molecule has 3 heteroatoms. The molecule has 0 fully saturated rings. The number of nitrogens with one attached hydrogen (secondary N) is 1. The highest BCUT2D eigenvalue weighted by Gasteiger charge is 2.12. The van der Waals surface area contributed by atoms with Gasteiger partial charge in [-0.05, 0) is 49.8 Å². The smallest absolute Gasteiger partial charge is 0.290 e. The van der Waals surface area contributed by atoms with Crippen LogP contribution in [-0.4, -0.2) is 5.91 Å². The van der Waals surface area contributed by atoms with Crippen LogP contribution in [0.2, 0.25) is 0 Å². The molecule has 2 aromatic carbocycles. The number of aromatic nitrogens is 1. The standard InChI is InChI=1S/C19H18N2O.C4H6/c1-14-6-5-7-15(2)19(14)20-18(22)13-21-11-10-16-8-3-4-9-17(16)12-21;1-4-2-3-4/h3-12H,13H2,1-2H3;2H,3H2,1H3/p+1. The number of pyridine rings is 1. The minimum absolute atomic E-state index is 0.0160. The molecular formula is C23H25N2O+. The van der Waals surface area contributed by atoms with Crippen molar-refractivity contribution in [3.63, 3.8) is 0 Å². The number of para-hydroxylation sites is 1. The number of hydrogen-bond donors (Lipinski definition) is 1. The summed E-state index contributed by atoms with van der Waals surface area (Å²) in [7, 11) is 0. The van der Waals surface area contributed by atoms with Crippen LogP contribution in [0.4, 0.5) is 5.69 Å². The molecule has 132 valence electrons. The van der Waals surface area contributed by atoms with Crippen molar-refractivity contribution in [1.29, 1.82) is 0 Å². The predicted molar refractivity (Wildman–Crippen MR) is 107 cm³/mol. The molecule has 0 aliphatic heterocycles. The molecular weight excluding hydrogens is 320 g/mol. The van der Waals surface area contributed by atoms with Crippen LogP contribution in [0.15, 0.2) is 72.6 Å². The molecule has 0 radical (unpaired) electrons. The quantitative estimate of drug-likeness (QED) is 0.541. The fraction of sp³-hybridized carbons (Fsp3) is 0.217. The minimum atomic E-state index is -0.0160. The SMILES string of the molecule is CC1=CC1.Cc1cccc(C)c1NC(=O)C[n+]1ccc2ccccc2c1. The normalized spacial score (nSPS) is 12.0. The van der Waals surface area contributed by atoms with Crippen molar-refractivity contribution in [3.05, 3.63) is 83.7 Å². The van der Waals surface area contributed by atoms with E-state index in [-0.39, 0.29) is 5.91 Å². The molecule has 0 unspecified atom stereocenters. The molecule has 1 N–H and O–H groups in total. The van der Waals surface area contributed by atoms with Crippen LogP contribution in [-0.2, 0) is 11.3 Å². The first kappa shape index (κ1) is 17.9. The largest absolute Gasteiger partial charge is 0.320 e. The van der Waals surface area contributed by atoms with E-state index in [1.807, 2.05) is 67.2 Å². The fourth-order valence-corrected chi connectivity index (χ4v) is 2.73. The first-order valence-corrected chi connectivity index (χ1v) is 8.92. The second-order valence-corrected chi connectivity index (χ2v) is 6.82. The molecule has 1 aliphatic carbocycles. The Hall–Kier alpha value is -2.94. The average Bonchev–Trinajstić information content (AvgIpc) is 3.41. The monoisotopic (exact) mass is 345 g/mol.